The molecule has 0 aliphatic carbocycles. The minimum Gasteiger partial charge on any atom is -0.489 e. The number of nitrogen functional groups attached to an aromatic ring is 1. The summed E-state index contributed by atoms with van der Waals surface area (Å²) in [5.74, 6) is 0.823. The van der Waals surface area contributed by atoms with E-state index in [1.807, 2.05) is 54.6 Å². The molecule has 3 rings (SSSR count). The lowest BCUT2D eigenvalue weighted by atomic mass is 10.2. The second kappa shape index (κ2) is 4.98. The highest BCUT2D eigenvalue weighted by Crippen LogP contribution is 2.21. The van der Waals surface area contributed by atoms with E-state index in [1.54, 1.807) is 6.20 Å². The van der Waals surface area contributed by atoms with E-state index >= 15 is 0 Å². The first-order valence-corrected chi connectivity index (χ1v) is 6.13. The average molecular weight is 250 g/mol. The Hall–Kier alpha value is -2.55. The molecule has 0 amide bonds. The molecule has 0 radical (unpaired) electrons. The van der Waals surface area contributed by atoms with E-state index < -0.39 is 0 Å². The molecule has 1 heterocycles. The van der Waals surface area contributed by atoms with Gasteiger partial charge in [0.2, 0.25) is 0 Å². The van der Waals surface area contributed by atoms with E-state index in [1.165, 1.54) is 0 Å². The van der Waals surface area contributed by atoms with Crippen molar-refractivity contribution in [3.63, 3.8) is 0 Å². The van der Waals surface area contributed by atoms with Gasteiger partial charge in [-0.05, 0) is 29.8 Å². The fourth-order valence-corrected chi connectivity index (χ4v) is 1.96. The molecule has 0 fully saturated rings. The lowest BCUT2D eigenvalue weighted by Gasteiger charge is -2.07. The molecule has 0 atom stereocenters. The second-order valence-corrected chi connectivity index (χ2v) is 4.40. The molecule has 2 aromatic carbocycles. The van der Waals surface area contributed by atoms with E-state index in [0.29, 0.717) is 12.3 Å². The van der Waals surface area contributed by atoms with Gasteiger partial charge in [0.05, 0.1) is 17.4 Å². The lowest BCUT2D eigenvalue weighted by molar-refractivity contribution is 0.306. The Balaban J connectivity index is 1.81. The Bertz CT molecular complexity index is 695. The van der Waals surface area contributed by atoms with Crippen molar-refractivity contribution in [2.75, 3.05) is 5.73 Å². The van der Waals surface area contributed by atoms with Crippen molar-refractivity contribution in [1.82, 2.24) is 4.98 Å². The third-order valence-electron chi connectivity index (χ3n) is 2.92. The molecule has 0 bridgehead atoms. The number of benzene rings is 2. The zero-order valence-electron chi connectivity index (χ0n) is 10.4. The topological polar surface area (TPSA) is 48.1 Å². The van der Waals surface area contributed by atoms with Gasteiger partial charge in [0.25, 0.3) is 0 Å². The van der Waals surface area contributed by atoms with Gasteiger partial charge < -0.3 is 10.5 Å². The number of pyridine rings is 1. The average Bonchev–Trinajstić information content (AvgIpc) is 2.46. The molecular formula is C16H14N2O. The number of nitrogens with zero attached hydrogens (tertiary/aromatic N) is 1. The van der Waals surface area contributed by atoms with Crippen molar-refractivity contribution < 1.29 is 4.74 Å². The summed E-state index contributed by atoms with van der Waals surface area (Å²) in [5, 5.41) is 0.991. The maximum absolute atomic E-state index is 5.77. The Labute approximate surface area is 111 Å². The molecule has 3 aromatic rings. The lowest BCUT2D eigenvalue weighted by Crippen LogP contribution is -1.95. The largest absolute Gasteiger partial charge is 0.489 e. The van der Waals surface area contributed by atoms with Gasteiger partial charge in [0.1, 0.15) is 12.4 Å². The van der Waals surface area contributed by atoms with Crippen LogP contribution in [0.15, 0.2) is 60.8 Å². The summed E-state index contributed by atoms with van der Waals surface area (Å²) in [6, 6.07) is 17.8. The van der Waals surface area contributed by atoms with Crippen LogP contribution in [0.2, 0.25) is 0 Å². The number of aromatic nitrogens is 1. The van der Waals surface area contributed by atoms with Gasteiger partial charge >= 0.3 is 0 Å². The molecule has 0 unspecified atom stereocenters. The molecule has 3 heteroatoms. The first kappa shape index (κ1) is 11.5. The number of fused-ring (bicyclic) bond motifs is 1. The molecule has 0 aliphatic heterocycles. The van der Waals surface area contributed by atoms with Crippen LogP contribution in [0.5, 0.6) is 5.75 Å². The SMILES string of the molecule is Nc1cnc2ccc(OCc3ccccc3)cc2c1. The molecule has 19 heavy (non-hydrogen) atoms. The third-order valence-corrected chi connectivity index (χ3v) is 2.92. The summed E-state index contributed by atoms with van der Waals surface area (Å²) >= 11 is 0. The van der Waals surface area contributed by atoms with Crippen LogP contribution >= 0.6 is 0 Å². The highest BCUT2D eigenvalue weighted by molar-refractivity contribution is 5.82. The van der Waals surface area contributed by atoms with Gasteiger partial charge in [-0.1, -0.05) is 30.3 Å². The minimum atomic E-state index is 0.558. The second-order valence-electron chi connectivity index (χ2n) is 4.40. The van der Waals surface area contributed by atoms with Crippen molar-refractivity contribution >= 4 is 16.6 Å². The summed E-state index contributed by atoms with van der Waals surface area (Å²) in [6.45, 7) is 0.558. The van der Waals surface area contributed by atoms with Crippen LogP contribution in [0.1, 0.15) is 5.56 Å². The molecule has 0 saturated heterocycles. The Morgan fingerprint density at radius 3 is 2.68 bits per heavy atom. The summed E-state index contributed by atoms with van der Waals surface area (Å²) in [4.78, 5) is 4.26. The molecule has 0 saturated carbocycles. The fraction of sp³-hybridized carbons (Fsp3) is 0.0625. The van der Waals surface area contributed by atoms with Crippen molar-refractivity contribution in [2.24, 2.45) is 0 Å². The summed E-state index contributed by atoms with van der Waals surface area (Å²) < 4.78 is 5.77. The van der Waals surface area contributed by atoms with Gasteiger partial charge in [-0.25, -0.2) is 0 Å². The smallest absolute Gasteiger partial charge is 0.120 e. The van der Waals surface area contributed by atoms with E-state index in [4.69, 9.17) is 10.5 Å². The Kier molecular flexibility index (Phi) is 3.02. The molecule has 0 aliphatic rings. The highest BCUT2D eigenvalue weighted by Gasteiger charge is 2.00. The van der Waals surface area contributed by atoms with Crippen LogP contribution in [0.3, 0.4) is 0 Å². The minimum absolute atomic E-state index is 0.558. The molecule has 94 valence electrons. The monoisotopic (exact) mass is 250 g/mol. The third kappa shape index (κ3) is 2.65. The first-order valence-electron chi connectivity index (χ1n) is 6.13. The van der Waals surface area contributed by atoms with E-state index in [-0.39, 0.29) is 0 Å². The number of hydrogen-bond donors (Lipinski definition) is 1. The standard InChI is InChI=1S/C16H14N2O/c17-14-8-13-9-15(6-7-16(13)18-10-14)19-11-12-4-2-1-3-5-12/h1-10H,11,17H2. The summed E-state index contributed by atoms with van der Waals surface area (Å²) in [5.41, 5.74) is 8.46. The normalized spacial score (nSPS) is 10.5. The molecule has 0 spiro atoms. The van der Waals surface area contributed by atoms with E-state index in [0.717, 1.165) is 22.2 Å². The van der Waals surface area contributed by atoms with E-state index in [2.05, 4.69) is 4.98 Å². The van der Waals surface area contributed by atoms with E-state index in [9.17, 15) is 0 Å². The number of rotatable bonds is 3. The van der Waals surface area contributed by atoms with Crippen molar-refractivity contribution in [3.8, 4) is 5.75 Å². The highest BCUT2D eigenvalue weighted by atomic mass is 16.5. The molecule has 1 aromatic heterocycles. The Morgan fingerprint density at radius 2 is 1.84 bits per heavy atom. The number of ether oxygens (including phenoxy) is 1. The van der Waals surface area contributed by atoms with Crippen molar-refractivity contribution in [3.05, 3.63) is 66.4 Å². The van der Waals surface area contributed by atoms with Crippen LogP contribution in [0.4, 0.5) is 5.69 Å². The van der Waals surface area contributed by atoms with Crippen molar-refractivity contribution in [1.29, 1.82) is 0 Å². The zero-order valence-corrected chi connectivity index (χ0v) is 10.4. The summed E-state index contributed by atoms with van der Waals surface area (Å²) in [7, 11) is 0. The van der Waals surface area contributed by atoms with Gasteiger partial charge in [0.15, 0.2) is 0 Å². The molecule has 2 N–H and O–H groups in total. The van der Waals surface area contributed by atoms with Crippen LogP contribution in [-0.2, 0) is 6.61 Å². The molecule has 3 nitrogen and oxygen atoms in total. The summed E-state index contributed by atoms with van der Waals surface area (Å²) in [6.07, 6.45) is 1.66. The van der Waals surface area contributed by atoms with Crippen LogP contribution < -0.4 is 10.5 Å². The van der Waals surface area contributed by atoms with Crippen LogP contribution in [0, 0.1) is 0 Å². The maximum atomic E-state index is 5.77. The van der Waals surface area contributed by atoms with Gasteiger partial charge in [-0.2, -0.15) is 0 Å². The first-order chi connectivity index (χ1) is 9.31. The quantitative estimate of drug-likeness (QED) is 0.775. The predicted octanol–water partition coefficient (Wildman–Crippen LogP) is 3.40. The zero-order chi connectivity index (χ0) is 13.1. The van der Waals surface area contributed by atoms with Gasteiger partial charge in [0, 0.05) is 5.39 Å². The number of anilines is 1. The predicted molar refractivity (Wildman–Crippen MR) is 76.9 cm³/mol. The van der Waals surface area contributed by atoms with Crippen molar-refractivity contribution in [2.45, 2.75) is 6.61 Å². The number of nitrogens with two attached hydrogens (primary N) is 1. The Morgan fingerprint density at radius 1 is 1.00 bits per heavy atom. The number of hydrogen-bond acceptors (Lipinski definition) is 3. The fourth-order valence-electron chi connectivity index (χ4n) is 1.96. The van der Waals surface area contributed by atoms with Crippen LogP contribution in [-0.4, -0.2) is 4.98 Å². The van der Waals surface area contributed by atoms with Gasteiger partial charge in [-0.15, -0.1) is 0 Å². The molecular weight excluding hydrogens is 236 g/mol. The van der Waals surface area contributed by atoms with Gasteiger partial charge in [-0.3, -0.25) is 4.98 Å². The van der Waals surface area contributed by atoms with Crippen LogP contribution in [0.25, 0.3) is 10.9 Å². The maximum Gasteiger partial charge on any atom is 0.120 e.